The minimum Gasteiger partial charge on any atom is -0.399 e. The first-order valence-corrected chi connectivity index (χ1v) is 6.84. The average Bonchev–Trinajstić information content (AvgIpc) is 2.85. The second kappa shape index (κ2) is 5.79. The monoisotopic (exact) mass is 276 g/mol. The fraction of sp³-hybridized carbons (Fsp3) is 0.308. The number of amides is 1. The van der Waals surface area contributed by atoms with E-state index >= 15 is 0 Å². The van der Waals surface area contributed by atoms with Crippen molar-refractivity contribution < 1.29 is 4.79 Å². The fourth-order valence-corrected chi connectivity index (χ4v) is 2.29. The fourth-order valence-electron chi connectivity index (χ4n) is 1.51. The number of nitrogens with one attached hydrogen (secondary N) is 1. The Morgan fingerprint density at radius 1 is 1.42 bits per heavy atom. The summed E-state index contributed by atoms with van der Waals surface area (Å²) in [6, 6.07) is 6.88. The van der Waals surface area contributed by atoms with Gasteiger partial charge in [-0.3, -0.25) is 4.79 Å². The highest BCUT2D eigenvalue weighted by atomic mass is 32.1. The lowest BCUT2D eigenvalue weighted by molar-refractivity contribution is 0.0951. The summed E-state index contributed by atoms with van der Waals surface area (Å²) in [6.45, 7) is 4.52. The van der Waals surface area contributed by atoms with Crippen molar-refractivity contribution in [3.05, 3.63) is 39.8 Å². The van der Waals surface area contributed by atoms with Crippen molar-refractivity contribution >= 4 is 22.9 Å². The van der Waals surface area contributed by atoms with E-state index in [2.05, 4.69) is 29.4 Å². The van der Waals surface area contributed by atoms with Gasteiger partial charge in [0.25, 0.3) is 5.91 Å². The molecule has 0 radical (unpaired) electrons. The molecule has 0 aliphatic carbocycles. The molecule has 5 nitrogen and oxygen atoms in total. The predicted molar refractivity (Wildman–Crippen MR) is 76.0 cm³/mol. The quantitative estimate of drug-likeness (QED) is 0.839. The van der Waals surface area contributed by atoms with E-state index in [1.807, 2.05) is 0 Å². The summed E-state index contributed by atoms with van der Waals surface area (Å²) in [5.74, 6) is 0.199. The third kappa shape index (κ3) is 3.51. The van der Waals surface area contributed by atoms with Gasteiger partial charge in [-0.05, 0) is 18.2 Å². The lowest BCUT2D eigenvalue weighted by atomic mass is 10.2. The van der Waals surface area contributed by atoms with Gasteiger partial charge in [0.2, 0.25) is 0 Å². The van der Waals surface area contributed by atoms with Crippen LogP contribution in [-0.4, -0.2) is 16.1 Å². The number of hydrogen-bond donors (Lipinski definition) is 2. The summed E-state index contributed by atoms with van der Waals surface area (Å²) in [5, 5.41) is 12.7. The van der Waals surface area contributed by atoms with Crippen LogP contribution in [0.3, 0.4) is 0 Å². The standard InChI is InChI=1S/C13H16N4OS/c1-8(2)13-17-16-11(19-13)7-15-12(18)9-4-3-5-10(14)6-9/h3-6,8H,7,14H2,1-2H3,(H,15,18). The lowest BCUT2D eigenvalue weighted by Gasteiger charge is -2.03. The zero-order valence-electron chi connectivity index (χ0n) is 10.9. The van der Waals surface area contributed by atoms with Gasteiger partial charge in [-0.2, -0.15) is 0 Å². The molecule has 0 saturated heterocycles. The van der Waals surface area contributed by atoms with Crippen LogP contribution in [0.4, 0.5) is 5.69 Å². The van der Waals surface area contributed by atoms with Crippen LogP contribution in [-0.2, 0) is 6.54 Å². The normalized spacial score (nSPS) is 10.7. The van der Waals surface area contributed by atoms with E-state index < -0.39 is 0 Å². The predicted octanol–water partition coefficient (Wildman–Crippen LogP) is 2.17. The molecule has 1 aromatic heterocycles. The molecule has 1 heterocycles. The molecule has 0 unspecified atom stereocenters. The first kappa shape index (κ1) is 13.5. The number of rotatable bonds is 4. The molecule has 2 rings (SSSR count). The molecule has 0 atom stereocenters. The molecule has 0 aliphatic heterocycles. The van der Waals surface area contributed by atoms with Crippen molar-refractivity contribution in [3.63, 3.8) is 0 Å². The number of benzene rings is 1. The third-order valence-electron chi connectivity index (χ3n) is 2.53. The van der Waals surface area contributed by atoms with Crippen LogP contribution in [0.25, 0.3) is 0 Å². The second-order valence-electron chi connectivity index (χ2n) is 4.50. The molecule has 0 saturated carbocycles. The van der Waals surface area contributed by atoms with E-state index in [1.165, 1.54) is 11.3 Å². The molecule has 0 bridgehead atoms. The number of nitrogens with zero attached hydrogens (tertiary/aromatic N) is 2. The molecule has 0 fully saturated rings. The number of carbonyl (C=O) groups is 1. The highest BCUT2D eigenvalue weighted by Gasteiger charge is 2.10. The van der Waals surface area contributed by atoms with Gasteiger partial charge in [-0.25, -0.2) is 0 Å². The molecule has 100 valence electrons. The molecule has 1 aromatic carbocycles. The van der Waals surface area contributed by atoms with Gasteiger partial charge in [-0.1, -0.05) is 31.3 Å². The highest BCUT2D eigenvalue weighted by molar-refractivity contribution is 7.11. The minimum atomic E-state index is -0.159. The van der Waals surface area contributed by atoms with Gasteiger partial charge in [0.05, 0.1) is 6.54 Å². The zero-order chi connectivity index (χ0) is 13.8. The van der Waals surface area contributed by atoms with E-state index in [0.717, 1.165) is 10.0 Å². The number of aromatic nitrogens is 2. The van der Waals surface area contributed by atoms with Crippen LogP contribution in [0.15, 0.2) is 24.3 Å². The Balaban J connectivity index is 1.96. The van der Waals surface area contributed by atoms with Gasteiger partial charge in [0, 0.05) is 17.2 Å². The molecule has 1 amide bonds. The molecule has 19 heavy (non-hydrogen) atoms. The van der Waals surface area contributed by atoms with Crippen molar-refractivity contribution in [2.75, 3.05) is 5.73 Å². The Kier molecular flexibility index (Phi) is 4.11. The van der Waals surface area contributed by atoms with E-state index in [0.29, 0.717) is 23.7 Å². The van der Waals surface area contributed by atoms with Crippen LogP contribution in [0.2, 0.25) is 0 Å². The smallest absolute Gasteiger partial charge is 0.251 e. The molecule has 0 spiro atoms. The van der Waals surface area contributed by atoms with Crippen LogP contribution < -0.4 is 11.1 Å². The zero-order valence-corrected chi connectivity index (χ0v) is 11.7. The Hall–Kier alpha value is -1.95. The van der Waals surface area contributed by atoms with E-state index in [-0.39, 0.29) is 5.91 Å². The second-order valence-corrected chi connectivity index (χ2v) is 5.59. The summed E-state index contributed by atoms with van der Waals surface area (Å²) in [5.41, 5.74) is 6.76. The Morgan fingerprint density at radius 3 is 2.84 bits per heavy atom. The summed E-state index contributed by atoms with van der Waals surface area (Å²) in [7, 11) is 0. The minimum absolute atomic E-state index is 0.159. The van der Waals surface area contributed by atoms with Crippen molar-refractivity contribution in [2.24, 2.45) is 0 Å². The summed E-state index contributed by atoms with van der Waals surface area (Å²) >= 11 is 1.52. The van der Waals surface area contributed by atoms with Gasteiger partial charge in [0.1, 0.15) is 10.0 Å². The molecule has 0 aliphatic rings. The van der Waals surface area contributed by atoms with Crippen LogP contribution in [0, 0.1) is 0 Å². The molecular formula is C13H16N4OS. The number of nitrogens with two attached hydrogens (primary N) is 1. The lowest BCUT2D eigenvalue weighted by Crippen LogP contribution is -2.22. The first-order chi connectivity index (χ1) is 9.06. The summed E-state index contributed by atoms with van der Waals surface area (Å²) in [4.78, 5) is 11.9. The highest BCUT2D eigenvalue weighted by Crippen LogP contribution is 2.18. The average molecular weight is 276 g/mol. The number of hydrogen-bond acceptors (Lipinski definition) is 5. The van der Waals surface area contributed by atoms with Gasteiger partial charge >= 0.3 is 0 Å². The molecule has 2 aromatic rings. The topological polar surface area (TPSA) is 80.9 Å². The largest absolute Gasteiger partial charge is 0.399 e. The Labute approximate surface area is 115 Å². The van der Waals surface area contributed by atoms with Crippen molar-refractivity contribution in [1.82, 2.24) is 15.5 Å². The summed E-state index contributed by atoms with van der Waals surface area (Å²) < 4.78 is 0. The number of carbonyl (C=O) groups excluding carboxylic acids is 1. The number of nitrogen functional groups attached to an aromatic ring is 1. The van der Waals surface area contributed by atoms with E-state index in [1.54, 1.807) is 24.3 Å². The molecule has 6 heteroatoms. The maximum Gasteiger partial charge on any atom is 0.251 e. The van der Waals surface area contributed by atoms with Crippen LogP contribution in [0.1, 0.15) is 40.1 Å². The summed E-state index contributed by atoms with van der Waals surface area (Å²) in [6.07, 6.45) is 0. The SMILES string of the molecule is CC(C)c1nnc(CNC(=O)c2cccc(N)c2)s1. The number of anilines is 1. The first-order valence-electron chi connectivity index (χ1n) is 6.02. The van der Waals surface area contributed by atoms with E-state index in [9.17, 15) is 4.79 Å². The Bertz CT molecular complexity index is 580. The van der Waals surface area contributed by atoms with Crippen LogP contribution >= 0.6 is 11.3 Å². The van der Waals surface area contributed by atoms with Crippen molar-refractivity contribution in [3.8, 4) is 0 Å². The maximum atomic E-state index is 11.9. The Morgan fingerprint density at radius 2 is 2.21 bits per heavy atom. The van der Waals surface area contributed by atoms with E-state index in [4.69, 9.17) is 5.73 Å². The van der Waals surface area contributed by atoms with Crippen molar-refractivity contribution in [1.29, 1.82) is 0 Å². The third-order valence-corrected chi connectivity index (χ3v) is 3.75. The van der Waals surface area contributed by atoms with Gasteiger partial charge < -0.3 is 11.1 Å². The van der Waals surface area contributed by atoms with Gasteiger partial charge in [-0.15, -0.1) is 10.2 Å². The van der Waals surface area contributed by atoms with Gasteiger partial charge in [0.15, 0.2) is 0 Å². The maximum absolute atomic E-state index is 11.9. The van der Waals surface area contributed by atoms with Crippen molar-refractivity contribution in [2.45, 2.75) is 26.3 Å². The van der Waals surface area contributed by atoms with Crippen LogP contribution in [0.5, 0.6) is 0 Å². The molecule has 3 N–H and O–H groups in total. The molecular weight excluding hydrogens is 260 g/mol.